The second kappa shape index (κ2) is 6.07. The van der Waals surface area contributed by atoms with Crippen LogP contribution in [0.1, 0.15) is 26.0 Å². The lowest BCUT2D eigenvalue weighted by Crippen LogP contribution is -2.59. The third kappa shape index (κ3) is 2.91. The molecule has 1 spiro atoms. The van der Waals surface area contributed by atoms with E-state index in [1.807, 2.05) is 13.8 Å². The van der Waals surface area contributed by atoms with Crippen LogP contribution in [0.3, 0.4) is 0 Å². The number of nitrogens with zero attached hydrogens (tertiary/aromatic N) is 2. The Kier molecular flexibility index (Phi) is 4.00. The van der Waals surface area contributed by atoms with Crippen LogP contribution in [0.5, 0.6) is 0 Å². The number of amides is 1. The lowest BCUT2D eigenvalue weighted by atomic mass is 9.93. The Hall–Kier alpha value is -1.99. The van der Waals surface area contributed by atoms with Gasteiger partial charge < -0.3 is 18.9 Å². The zero-order valence-electron chi connectivity index (χ0n) is 14.3. The van der Waals surface area contributed by atoms with E-state index < -0.39 is 5.60 Å². The van der Waals surface area contributed by atoms with Crippen LogP contribution in [0.15, 0.2) is 22.7 Å². The zero-order chi connectivity index (χ0) is 17.6. The number of carbonyl (C=O) groups excluding carboxylic acids is 1. The molecule has 4 rings (SSSR count). The maximum Gasteiger partial charge on any atom is 0.228 e. The van der Waals surface area contributed by atoms with Crippen molar-refractivity contribution < 1.29 is 23.2 Å². The average molecular weight is 348 g/mol. The van der Waals surface area contributed by atoms with Crippen LogP contribution < -0.4 is 0 Å². The van der Waals surface area contributed by atoms with Crippen LogP contribution in [0.25, 0.3) is 11.0 Å². The van der Waals surface area contributed by atoms with Gasteiger partial charge in [-0.2, -0.15) is 0 Å². The van der Waals surface area contributed by atoms with Crippen molar-refractivity contribution in [1.82, 2.24) is 10.1 Å². The standard InChI is InChI=1S/C18H21FN2O4/c1-11-9-21(10-18(24-11)5-6-23-12(18)2)17(22)8-15-14-7-13(19)3-4-16(14)25-20-15/h3-4,7,11-12H,5-6,8-10H2,1-2H3. The second-order valence-corrected chi connectivity index (χ2v) is 6.98. The number of hydrogen-bond acceptors (Lipinski definition) is 5. The van der Waals surface area contributed by atoms with Gasteiger partial charge in [0.2, 0.25) is 5.91 Å². The quantitative estimate of drug-likeness (QED) is 0.833. The minimum atomic E-state index is -0.439. The lowest BCUT2D eigenvalue weighted by Gasteiger charge is -2.45. The molecule has 134 valence electrons. The van der Waals surface area contributed by atoms with Gasteiger partial charge >= 0.3 is 0 Å². The fourth-order valence-electron chi connectivity index (χ4n) is 3.83. The third-order valence-corrected chi connectivity index (χ3v) is 5.18. The molecule has 0 saturated carbocycles. The average Bonchev–Trinajstić information content (AvgIpc) is 3.11. The molecule has 2 fully saturated rings. The zero-order valence-corrected chi connectivity index (χ0v) is 14.3. The predicted octanol–water partition coefficient (Wildman–Crippen LogP) is 2.30. The van der Waals surface area contributed by atoms with Crippen LogP contribution in [0, 0.1) is 5.82 Å². The topological polar surface area (TPSA) is 64.8 Å². The van der Waals surface area contributed by atoms with Gasteiger partial charge in [0.15, 0.2) is 5.58 Å². The van der Waals surface area contributed by atoms with E-state index in [1.165, 1.54) is 18.2 Å². The summed E-state index contributed by atoms with van der Waals surface area (Å²) in [6, 6.07) is 4.19. The minimum absolute atomic E-state index is 0.0486. The van der Waals surface area contributed by atoms with E-state index in [0.717, 1.165) is 6.42 Å². The highest BCUT2D eigenvalue weighted by molar-refractivity contribution is 5.86. The lowest BCUT2D eigenvalue weighted by molar-refractivity contribution is -0.178. The van der Waals surface area contributed by atoms with Crippen molar-refractivity contribution in [1.29, 1.82) is 0 Å². The molecule has 2 saturated heterocycles. The van der Waals surface area contributed by atoms with E-state index in [2.05, 4.69) is 5.16 Å². The highest BCUT2D eigenvalue weighted by Gasteiger charge is 2.48. The van der Waals surface area contributed by atoms with Crippen LogP contribution in [0.2, 0.25) is 0 Å². The number of morpholine rings is 1. The number of carbonyl (C=O) groups is 1. The maximum atomic E-state index is 13.5. The van der Waals surface area contributed by atoms with E-state index >= 15 is 0 Å². The molecule has 2 aromatic rings. The van der Waals surface area contributed by atoms with Crippen LogP contribution in [-0.2, 0) is 20.7 Å². The van der Waals surface area contributed by atoms with E-state index in [4.69, 9.17) is 14.0 Å². The Morgan fingerprint density at radius 2 is 2.28 bits per heavy atom. The first-order valence-corrected chi connectivity index (χ1v) is 8.58. The van der Waals surface area contributed by atoms with Gasteiger partial charge in [-0.1, -0.05) is 5.16 Å². The van der Waals surface area contributed by atoms with Crippen molar-refractivity contribution in [3.8, 4) is 0 Å². The monoisotopic (exact) mass is 348 g/mol. The number of ether oxygens (including phenoxy) is 2. The Morgan fingerprint density at radius 1 is 1.44 bits per heavy atom. The first-order valence-electron chi connectivity index (χ1n) is 8.58. The maximum absolute atomic E-state index is 13.5. The summed E-state index contributed by atoms with van der Waals surface area (Å²) in [5.41, 5.74) is 0.503. The summed E-state index contributed by atoms with van der Waals surface area (Å²) >= 11 is 0. The minimum Gasteiger partial charge on any atom is -0.375 e. The molecular weight excluding hydrogens is 327 g/mol. The second-order valence-electron chi connectivity index (χ2n) is 6.98. The summed E-state index contributed by atoms with van der Waals surface area (Å²) < 4.78 is 30.5. The highest BCUT2D eigenvalue weighted by Crippen LogP contribution is 2.35. The summed E-state index contributed by atoms with van der Waals surface area (Å²) in [6.07, 6.45) is 0.746. The Morgan fingerprint density at radius 3 is 3.04 bits per heavy atom. The predicted molar refractivity (Wildman–Crippen MR) is 87.6 cm³/mol. The first-order chi connectivity index (χ1) is 12.0. The molecule has 0 aliphatic carbocycles. The SMILES string of the molecule is CC1CN(C(=O)Cc2noc3ccc(F)cc23)CC2(CCOC2C)O1. The van der Waals surface area contributed by atoms with E-state index in [-0.39, 0.29) is 30.4 Å². The van der Waals surface area contributed by atoms with Gasteiger partial charge in [-0.3, -0.25) is 4.79 Å². The Bertz CT molecular complexity index is 807. The van der Waals surface area contributed by atoms with Crippen molar-refractivity contribution in [2.24, 2.45) is 0 Å². The molecule has 3 heterocycles. The molecule has 1 aromatic carbocycles. The summed E-state index contributed by atoms with van der Waals surface area (Å²) in [7, 11) is 0. The number of aromatic nitrogens is 1. The molecule has 3 unspecified atom stereocenters. The van der Waals surface area contributed by atoms with Crippen molar-refractivity contribution in [2.75, 3.05) is 19.7 Å². The fourth-order valence-corrected chi connectivity index (χ4v) is 3.83. The fraction of sp³-hybridized carbons (Fsp3) is 0.556. The van der Waals surface area contributed by atoms with Gasteiger partial charge in [-0.15, -0.1) is 0 Å². The highest BCUT2D eigenvalue weighted by atomic mass is 19.1. The molecule has 25 heavy (non-hydrogen) atoms. The molecule has 7 heteroatoms. The summed E-state index contributed by atoms with van der Waals surface area (Å²) in [4.78, 5) is 14.6. The van der Waals surface area contributed by atoms with Gasteiger partial charge in [0.25, 0.3) is 0 Å². The molecule has 2 aliphatic heterocycles. The number of benzene rings is 1. The molecular formula is C18H21FN2O4. The van der Waals surface area contributed by atoms with Crippen molar-refractivity contribution in [3.63, 3.8) is 0 Å². The third-order valence-electron chi connectivity index (χ3n) is 5.18. The van der Waals surface area contributed by atoms with E-state index in [0.29, 0.717) is 36.4 Å². The van der Waals surface area contributed by atoms with Crippen LogP contribution >= 0.6 is 0 Å². The van der Waals surface area contributed by atoms with E-state index in [9.17, 15) is 9.18 Å². The van der Waals surface area contributed by atoms with Gasteiger partial charge in [0.05, 0.1) is 25.2 Å². The molecule has 3 atom stereocenters. The van der Waals surface area contributed by atoms with Crippen molar-refractivity contribution in [3.05, 3.63) is 29.7 Å². The smallest absolute Gasteiger partial charge is 0.228 e. The Balaban J connectivity index is 1.54. The number of fused-ring (bicyclic) bond motifs is 1. The van der Waals surface area contributed by atoms with Gasteiger partial charge in [0.1, 0.15) is 17.1 Å². The van der Waals surface area contributed by atoms with Gasteiger partial charge in [0, 0.05) is 25.0 Å². The van der Waals surface area contributed by atoms with Crippen LogP contribution in [0.4, 0.5) is 4.39 Å². The molecule has 1 aromatic heterocycles. The number of halogens is 1. The van der Waals surface area contributed by atoms with Gasteiger partial charge in [-0.05, 0) is 32.0 Å². The first kappa shape index (κ1) is 16.5. The molecule has 1 amide bonds. The largest absolute Gasteiger partial charge is 0.375 e. The van der Waals surface area contributed by atoms with Crippen molar-refractivity contribution in [2.45, 2.75) is 44.5 Å². The van der Waals surface area contributed by atoms with Gasteiger partial charge in [-0.25, -0.2) is 4.39 Å². The molecule has 0 bridgehead atoms. The summed E-state index contributed by atoms with van der Waals surface area (Å²) in [5.74, 6) is -0.437. The van der Waals surface area contributed by atoms with Crippen molar-refractivity contribution >= 4 is 16.9 Å². The summed E-state index contributed by atoms with van der Waals surface area (Å²) in [5, 5.41) is 4.49. The molecule has 0 N–H and O–H groups in total. The number of rotatable bonds is 2. The summed E-state index contributed by atoms with van der Waals surface area (Å²) in [6.45, 7) is 5.62. The molecule has 0 radical (unpaired) electrons. The van der Waals surface area contributed by atoms with Crippen LogP contribution in [-0.4, -0.2) is 53.5 Å². The van der Waals surface area contributed by atoms with E-state index in [1.54, 1.807) is 4.90 Å². The normalized spacial score (nSPS) is 29.6. The Labute approximate surface area is 144 Å². The molecule has 2 aliphatic rings. The molecule has 6 nitrogen and oxygen atoms in total. The number of hydrogen-bond donors (Lipinski definition) is 0.